The number of hydrogen-bond donors (Lipinski definition) is 0. The van der Waals surface area contributed by atoms with E-state index in [-0.39, 0.29) is 0 Å². The Morgan fingerprint density at radius 3 is 1.45 bits per heavy atom. The topological polar surface area (TPSA) is 38.7 Å². The fraction of sp³-hybridized carbons (Fsp3) is 0. The summed E-state index contributed by atoms with van der Waals surface area (Å²) in [5.41, 5.74) is 10.9. The number of aromatic nitrogens is 3. The highest BCUT2D eigenvalue weighted by Gasteiger charge is 2.12. The zero-order valence-electron chi connectivity index (χ0n) is 23.9. The summed E-state index contributed by atoms with van der Waals surface area (Å²) in [4.78, 5) is 13.4. The molecule has 3 heteroatoms. The molecular formula is C41H27N3. The minimum atomic E-state index is 0.910. The van der Waals surface area contributed by atoms with Gasteiger partial charge >= 0.3 is 0 Å². The van der Waals surface area contributed by atoms with Crippen molar-refractivity contribution in [3.05, 3.63) is 164 Å². The fourth-order valence-corrected chi connectivity index (χ4v) is 6.08. The summed E-state index contributed by atoms with van der Waals surface area (Å²) in [6, 6.07) is 49.7. The average molecular weight is 562 g/mol. The van der Waals surface area contributed by atoms with Crippen molar-refractivity contribution in [3.8, 4) is 55.9 Å². The molecule has 3 nitrogen and oxygen atoms in total. The van der Waals surface area contributed by atoms with Gasteiger partial charge in [-0.15, -0.1) is 0 Å². The minimum Gasteiger partial charge on any atom is -0.265 e. The summed E-state index contributed by atoms with van der Waals surface area (Å²) in [5, 5.41) is 5.08. The lowest BCUT2D eigenvalue weighted by molar-refractivity contribution is 1.27. The Hall–Kier alpha value is -5.93. The Kier molecular flexibility index (Phi) is 6.47. The Bertz CT molecular complexity index is 2220. The van der Waals surface area contributed by atoms with Crippen LogP contribution in [0.3, 0.4) is 0 Å². The van der Waals surface area contributed by atoms with Crippen molar-refractivity contribution < 1.29 is 0 Å². The molecule has 8 rings (SSSR count). The predicted molar refractivity (Wildman–Crippen MR) is 182 cm³/mol. The average Bonchev–Trinajstić information content (AvgIpc) is 3.12. The first-order valence-corrected chi connectivity index (χ1v) is 14.7. The van der Waals surface area contributed by atoms with Crippen LogP contribution >= 0.6 is 0 Å². The van der Waals surface area contributed by atoms with Crippen molar-refractivity contribution in [1.82, 2.24) is 15.0 Å². The van der Waals surface area contributed by atoms with Crippen molar-refractivity contribution in [2.45, 2.75) is 0 Å². The van der Waals surface area contributed by atoms with E-state index in [4.69, 9.17) is 4.98 Å². The van der Waals surface area contributed by atoms with E-state index >= 15 is 0 Å². The first-order chi connectivity index (χ1) is 21.8. The van der Waals surface area contributed by atoms with Gasteiger partial charge in [-0.3, -0.25) is 9.97 Å². The minimum absolute atomic E-state index is 0.910. The molecule has 0 saturated carbocycles. The van der Waals surface area contributed by atoms with Crippen LogP contribution in [0.4, 0.5) is 0 Å². The second-order valence-corrected chi connectivity index (χ2v) is 11.0. The van der Waals surface area contributed by atoms with Crippen LogP contribution in [0.1, 0.15) is 0 Å². The van der Waals surface area contributed by atoms with E-state index in [0.29, 0.717) is 0 Å². The second-order valence-electron chi connectivity index (χ2n) is 11.0. The lowest BCUT2D eigenvalue weighted by atomic mass is 9.91. The molecule has 206 valence electrons. The lowest BCUT2D eigenvalue weighted by Crippen LogP contribution is -1.92. The van der Waals surface area contributed by atoms with Gasteiger partial charge in [0.1, 0.15) is 0 Å². The van der Waals surface area contributed by atoms with Gasteiger partial charge in [-0.05, 0) is 110 Å². The van der Waals surface area contributed by atoms with Gasteiger partial charge in [0.25, 0.3) is 0 Å². The molecule has 0 unspecified atom stereocenters. The number of hydrogen-bond acceptors (Lipinski definition) is 3. The first kappa shape index (κ1) is 25.8. The highest BCUT2D eigenvalue weighted by Crippen LogP contribution is 2.37. The smallest absolute Gasteiger partial charge is 0.0716 e. The summed E-state index contributed by atoms with van der Waals surface area (Å²) in [7, 11) is 0. The van der Waals surface area contributed by atoms with Crippen LogP contribution in [0.15, 0.2) is 164 Å². The van der Waals surface area contributed by atoms with Crippen molar-refractivity contribution in [2.75, 3.05) is 0 Å². The van der Waals surface area contributed by atoms with E-state index in [1.165, 1.54) is 43.8 Å². The van der Waals surface area contributed by atoms with Crippen LogP contribution < -0.4 is 0 Å². The van der Waals surface area contributed by atoms with Gasteiger partial charge < -0.3 is 0 Å². The van der Waals surface area contributed by atoms with Crippen molar-refractivity contribution in [1.29, 1.82) is 0 Å². The summed E-state index contributed by atoms with van der Waals surface area (Å²) in [6.07, 6.45) is 7.23. The third-order valence-corrected chi connectivity index (χ3v) is 8.25. The molecule has 3 aromatic heterocycles. The van der Waals surface area contributed by atoms with E-state index < -0.39 is 0 Å². The lowest BCUT2D eigenvalue weighted by Gasteiger charge is -2.13. The Balaban J connectivity index is 1.24. The molecule has 8 aromatic rings. The van der Waals surface area contributed by atoms with Gasteiger partial charge in [0.15, 0.2) is 0 Å². The maximum absolute atomic E-state index is 5.02. The third kappa shape index (κ3) is 4.81. The number of nitrogens with zero attached hydrogens (tertiary/aromatic N) is 3. The molecule has 0 spiro atoms. The van der Waals surface area contributed by atoms with Crippen LogP contribution in [0, 0.1) is 0 Å². The van der Waals surface area contributed by atoms with E-state index in [0.717, 1.165) is 33.6 Å². The van der Waals surface area contributed by atoms with Gasteiger partial charge in [-0.1, -0.05) is 84.9 Å². The highest BCUT2D eigenvalue weighted by atomic mass is 14.7. The molecule has 0 amide bonds. The summed E-state index contributed by atoms with van der Waals surface area (Å²) >= 11 is 0. The van der Waals surface area contributed by atoms with Crippen LogP contribution in [-0.4, -0.2) is 15.0 Å². The molecule has 5 aromatic carbocycles. The van der Waals surface area contributed by atoms with Gasteiger partial charge in [0.2, 0.25) is 0 Å². The number of benzene rings is 5. The molecule has 0 aliphatic heterocycles. The van der Waals surface area contributed by atoms with Gasteiger partial charge in [0.05, 0.1) is 11.4 Å². The fourth-order valence-electron chi connectivity index (χ4n) is 6.08. The molecule has 0 fully saturated rings. The van der Waals surface area contributed by atoms with Crippen LogP contribution in [0.2, 0.25) is 0 Å². The molecule has 3 heterocycles. The van der Waals surface area contributed by atoms with Crippen LogP contribution in [0.25, 0.3) is 77.4 Å². The van der Waals surface area contributed by atoms with Gasteiger partial charge in [0, 0.05) is 35.9 Å². The number of fused-ring (bicyclic) bond motifs is 3. The quantitative estimate of drug-likeness (QED) is 0.196. The highest BCUT2D eigenvalue weighted by molar-refractivity contribution is 6.13. The van der Waals surface area contributed by atoms with Crippen LogP contribution in [0.5, 0.6) is 0 Å². The van der Waals surface area contributed by atoms with E-state index in [2.05, 4.69) is 125 Å². The molecule has 0 radical (unpaired) electrons. The van der Waals surface area contributed by atoms with Crippen LogP contribution in [-0.2, 0) is 0 Å². The Morgan fingerprint density at radius 2 is 0.818 bits per heavy atom. The molecule has 0 atom stereocenters. The van der Waals surface area contributed by atoms with E-state index in [9.17, 15) is 0 Å². The van der Waals surface area contributed by atoms with Crippen molar-refractivity contribution in [3.63, 3.8) is 0 Å². The normalized spacial score (nSPS) is 11.2. The second kappa shape index (κ2) is 11.0. The molecule has 44 heavy (non-hydrogen) atoms. The monoisotopic (exact) mass is 561 g/mol. The molecule has 0 N–H and O–H groups in total. The third-order valence-electron chi connectivity index (χ3n) is 8.25. The van der Waals surface area contributed by atoms with Crippen molar-refractivity contribution in [2.24, 2.45) is 0 Å². The zero-order valence-corrected chi connectivity index (χ0v) is 23.9. The largest absolute Gasteiger partial charge is 0.265 e. The molecule has 0 aliphatic carbocycles. The van der Waals surface area contributed by atoms with Gasteiger partial charge in [-0.2, -0.15) is 0 Å². The number of pyridine rings is 3. The summed E-state index contributed by atoms with van der Waals surface area (Å²) in [6.45, 7) is 0. The molecule has 0 saturated heterocycles. The van der Waals surface area contributed by atoms with E-state index in [1.807, 2.05) is 49.1 Å². The van der Waals surface area contributed by atoms with E-state index in [1.54, 1.807) is 0 Å². The molecule has 0 aliphatic rings. The SMILES string of the molecule is c1cc(-c2cccc(-c3cc4ccccc4c4ccccc34)c2)cc(-c2cc(-c3ccncc3)nc(-c3ccncc3)c2)c1. The standard InChI is InChI=1S/C41H27N3/c1-2-12-36-34(7-1)25-39(38-14-4-3-13-37(36)38)33-11-6-9-31(24-33)30-8-5-10-32(23-30)35-26-40(28-15-19-42-20-16-28)44-41(27-35)29-17-21-43-22-18-29/h1-27H. The number of rotatable bonds is 5. The first-order valence-electron chi connectivity index (χ1n) is 14.7. The Labute approximate surface area is 256 Å². The summed E-state index contributed by atoms with van der Waals surface area (Å²) in [5.74, 6) is 0. The van der Waals surface area contributed by atoms with Gasteiger partial charge in [-0.25, -0.2) is 4.98 Å². The molecule has 0 bridgehead atoms. The van der Waals surface area contributed by atoms with Crippen molar-refractivity contribution >= 4 is 21.5 Å². The Morgan fingerprint density at radius 1 is 0.318 bits per heavy atom. The maximum atomic E-state index is 5.02. The predicted octanol–water partition coefficient (Wildman–Crippen LogP) is 10.5. The maximum Gasteiger partial charge on any atom is 0.0716 e. The molecular weight excluding hydrogens is 534 g/mol. The zero-order chi connectivity index (χ0) is 29.3. The summed E-state index contributed by atoms with van der Waals surface area (Å²) < 4.78 is 0.